The Balaban J connectivity index is 2.03. The maximum atomic E-state index is 13.2. The van der Waals surface area contributed by atoms with Crippen LogP contribution in [-0.2, 0) is 12.8 Å². The lowest BCUT2D eigenvalue weighted by Gasteiger charge is -2.15. The second-order valence-corrected chi connectivity index (χ2v) is 6.47. The van der Waals surface area contributed by atoms with Crippen molar-refractivity contribution in [3.63, 3.8) is 0 Å². The van der Waals surface area contributed by atoms with Gasteiger partial charge >= 0.3 is 0 Å². The van der Waals surface area contributed by atoms with Gasteiger partial charge in [0.1, 0.15) is 5.82 Å². The highest BCUT2D eigenvalue weighted by atomic mass is 35.5. The summed E-state index contributed by atoms with van der Waals surface area (Å²) >= 11 is 7.57. The molecule has 1 nitrogen and oxygen atoms in total. The summed E-state index contributed by atoms with van der Waals surface area (Å²) < 4.78 is 14.0. The van der Waals surface area contributed by atoms with Crippen molar-refractivity contribution in [3.05, 3.63) is 57.0 Å². The molecule has 1 heterocycles. The first kappa shape index (κ1) is 14.5. The van der Waals surface area contributed by atoms with Crippen LogP contribution in [0.5, 0.6) is 0 Å². The van der Waals surface area contributed by atoms with Crippen LogP contribution in [0.4, 0.5) is 4.39 Å². The second-order valence-electron chi connectivity index (χ2n) is 4.67. The number of halogens is 2. The molecule has 0 saturated heterocycles. The van der Waals surface area contributed by atoms with E-state index in [0.717, 1.165) is 29.3 Å². The van der Waals surface area contributed by atoms with E-state index in [1.165, 1.54) is 10.9 Å². The van der Waals surface area contributed by atoms with Gasteiger partial charge in [0.15, 0.2) is 0 Å². The predicted molar refractivity (Wildman–Crippen MR) is 80.6 cm³/mol. The second kappa shape index (κ2) is 7.04. The number of rotatable bonds is 6. The van der Waals surface area contributed by atoms with Gasteiger partial charge in [0, 0.05) is 4.88 Å². The van der Waals surface area contributed by atoms with Gasteiger partial charge in [-0.15, -0.1) is 11.3 Å². The summed E-state index contributed by atoms with van der Waals surface area (Å²) in [6, 6.07) is 10.8. The molecule has 0 aliphatic rings. The van der Waals surface area contributed by atoms with Gasteiger partial charge in [0.05, 0.1) is 4.34 Å². The molecular weight excluding hydrogens is 281 g/mol. The molecule has 1 N–H and O–H groups in total. The van der Waals surface area contributed by atoms with Crippen molar-refractivity contribution in [2.75, 3.05) is 13.6 Å². The van der Waals surface area contributed by atoms with Gasteiger partial charge in [0.2, 0.25) is 0 Å². The average molecular weight is 298 g/mol. The van der Waals surface area contributed by atoms with Crippen molar-refractivity contribution in [2.24, 2.45) is 5.92 Å². The summed E-state index contributed by atoms with van der Waals surface area (Å²) in [7, 11) is 1.94. The Morgan fingerprint density at radius 1 is 1.26 bits per heavy atom. The largest absolute Gasteiger partial charge is 0.319 e. The zero-order chi connectivity index (χ0) is 13.7. The normalized spacial score (nSPS) is 12.6. The first-order valence-corrected chi connectivity index (χ1v) is 7.50. The van der Waals surface area contributed by atoms with Crippen molar-refractivity contribution in [2.45, 2.75) is 12.8 Å². The molecule has 1 unspecified atom stereocenters. The Hall–Kier alpha value is -0.900. The van der Waals surface area contributed by atoms with Gasteiger partial charge < -0.3 is 5.32 Å². The lowest BCUT2D eigenvalue weighted by Crippen LogP contribution is -2.22. The highest BCUT2D eigenvalue weighted by molar-refractivity contribution is 7.16. The number of thiophene rings is 1. The monoisotopic (exact) mass is 297 g/mol. The van der Waals surface area contributed by atoms with Crippen LogP contribution in [0, 0.1) is 11.7 Å². The van der Waals surface area contributed by atoms with Gasteiger partial charge in [-0.2, -0.15) is 0 Å². The molecular formula is C15H17ClFNS. The molecule has 2 aromatic rings. The van der Waals surface area contributed by atoms with E-state index in [9.17, 15) is 4.39 Å². The Morgan fingerprint density at radius 3 is 2.74 bits per heavy atom. The summed E-state index contributed by atoms with van der Waals surface area (Å²) in [6.45, 7) is 0.909. The van der Waals surface area contributed by atoms with E-state index in [1.807, 2.05) is 19.2 Å². The lowest BCUT2D eigenvalue weighted by atomic mass is 9.95. The van der Waals surface area contributed by atoms with Gasteiger partial charge in [-0.1, -0.05) is 23.7 Å². The van der Waals surface area contributed by atoms with Gasteiger partial charge in [-0.05, 0) is 62.2 Å². The predicted octanol–water partition coefficient (Wildman–Crippen LogP) is 4.16. The van der Waals surface area contributed by atoms with Crippen LogP contribution in [0.25, 0.3) is 0 Å². The summed E-state index contributed by atoms with van der Waals surface area (Å²) in [5, 5.41) is 3.21. The third-order valence-electron chi connectivity index (χ3n) is 3.02. The maximum absolute atomic E-state index is 13.2. The smallest absolute Gasteiger partial charge is 0.123 e. The highest BCUT2D eigenvalue weighted by Crippen LogP contribution is 2.25. The SMILES string of the molecule is CNCC(Cc1cccc(F)c1)Cc1ccc(Cl)s1. The van der Waals surface area contributed by atoms with Crippen molar-refractivity contribution in [1.82, 2.24) is 5.32 Å². The van der Waals surface area contributed by atoms with Crippen LogP contribution in [0.1, 0.15) is 10.4 Å². The topological polar surface area (TPSA) is 12.0 Å². The van der Waals surface area contributed by atoms with Crippen LogP contribution < -0.4 is 5.32 Å². The Labute approximate surface area is 122 Å². The fraction of sp³-hybridized carbons (Fsp3) is 0.333. The van der Waals surface area contributed by atoms with Crippen LogP contribution >= 0.6 is 22.9 Å². The van der Waals surface area contributed by atoms with Crippen LogP contribution in [0.3, 0.4) is 0 Å². The first-order chi connectivity index (χ1) is 9.17. The summed E-state index contributed by atoms with van der Waals surface area (Å²) in [5.41, 5.74) is 1.04. The van der Waals surface area contributed by atoms with Crippen molar-refractivity contribution in [1.29, 1.82) is 0 Å². The molecule has 0 aliphatic carbocycles. The van der Waals surface area contributed by atoms with E-state index in [1.54, 1.807) is 23.5 Å². The van der Waals surface area contributed by atoms with Crippen LogP contribution in [-0.4, -0.2) is 13.6 Å². The molecule has 1 aromatic heterocycles. The molecule has 0 amide bonds. The lowest BCUT2D eigenvalue weighted by molar-refractivity contribution is 0.495. The summed E-state index contributed by atoms with van der Waals surface area (Å²) in [6.07, 6.45) is 1.84. The number of hydrogen-bond acceptors (Lipinski definition) is 2. The third kappa shape index (κ3) is 4.60. The molecule has 0 saturated carbocycles. The van der Waals surface area contributed by atoms with Crippen LogP contribution in [0.2, 0.25) is 4.34 Å². The molecule has 1 aromatic carbocycles. The fourth-order valence-electron chi connectivity index (χ4n) is 2.25. The quantitative estimate of drug-likeness (QED) is 0.844. The van der Waals surface area contributed by atoms with E-state index < -0.39 is 0 Å². The van der Waals surface area contributed by atoms with Gasteiger partial charge in [-0.3, -0.25) is 0 Å². The number of hydrogen-bond donors (Lipinski definition) is 1. The van der Waals surface area contributed by atoms with E-state index in [4.69, 9.17) is 11.6 Å². The molecule has 4 heteroatoms. The Bertz CT molecular complexity index is 526. The van der Waals surface area contributed by atoms with E-state index in [-0.39, 0.29) is 5.82 Å². The van der Waals surface area contributed by atoms with Crippen LogP contribution in [0.15, 0.2) is 36.4 Å². The zero-order valence-corrected chi connectivity index (χ0v) is 12.4. The molecule has 102 valence electrons. The first-order valence-electron chi connectivity index (χ1n) is 6.30. The van der Waals surface area contributed by atoms with E-state index in [2.05, 4.69) is 11.4 Å². The minimum absolute atomic E-state index is 0.167. The molecule has 0 aliphatic heterocycles. The molecule has 0 bridgehead atoms. The summed E-state index contributed by atoms with van der Waals surface area (Å²) in [4.78, 5) is 1.28. The fourth-order valence-corrected chi connectivity index (χ4v) is 3.45. The standard InChI is InChI=1S/C15H17ClFNS/c1-18-10-12(9-14-5-6-15(16)19-14)7-11-3-2-4-13(17)8-11/h2-6,8,12,18H,7,9-10H2,1H3. The molecule has 19 heavy (non-hydrogen) atoms. The molecule has 0 fully saturated rings. The molecule has 2 rings (SSSR count). The highest BCUT2D eigenvalue weighted by Gasteiger charge is 2.12. The van der Waals surface area contributed by atoms with Crippen molar-refractivity contribution in [3.8, 4) is 0 Å². The number of nitrogens with one attached hydrogen (secondary N) is 1. The maximum Gasteiger partial charge on any atom is 0.123 e. The van der Waals surface area contributed by atoms with E-state index in [0.29, 0.717) is 5.92 Å². The Morgan fingerprint density at radius 2 is 2.11 bits per heavy atom. The molecule has 1 atom stereocenters. The zero-order valence-electron chi connectivity index (χ0n) is 10.8. The minimum Gasteiger partial charge on any atom is -0.319 e. The average Bonchev–Trinajstić information content (AvgIpc) is 2.75. The summed E-state index contributed by atoms with van der Waals surface area (Å²) in [5.74, 6) is 0.279. The van der Waals surface area contributed by atoms with Gasteiger partial charge in [0.25, 0.3) is 0 Å². The minimum atomic E-state index is -0.167. The number of benzene rings is 1. The van der Waals surface area contributed by atoms with Crippen molar-refractivity contribution >= 4 is 22.9 Å². The molecule has 0 spiro atoms. The third-order valence-corrected chi connectivity index (χ3v) is 4.28. The van der Waals surface area contributed by atoms with Gasteiger partial charge in [-0.25, -0.2) is 4.39 Å². The molecule has 0 radical (unpaired) electrons. The van der Waals surface area contributed by atoms with Crippen molar-refractivity contribution < 1.29 is 4.39 Å². The van der Waals surface area contributed by atoms with E-state index >= 15 is 0 Å². The Kier molecular flexibility index (Phi) is 5.37.